The third-order valence-corrected chi connectivity index (χ3v) is 7.72. The molecular formula is C20H24Cl2N2O2S. The fraction of sp³-hybridized carbons (Fsp3) is 0.600. The van der Waals surface area contributed by atoms with Crippen LogP contribution in [0.5, 0.6) is 0 Å². The number of benzene rings is 1. The molecule has 7 heteroatoms. The molecule has 2 saturated heterocycles. The third-order valence-electron chi connectivity index (χ3n) is 5.90. The summed E-state index contributed by atoms with van der Waals surface area (Å²) in [5, 5.41) is 0.781. The van der Waals surface area contributed by atoms with Crippen LogP contribution in [0.15, 0.2) is 12.1 Å². The van der Waals surface area contributed by atoms with Crippen LogP contribution in [0.25, 0.3) is 0 Å². The molecule has 2 heterocycles. The molecule has 4 rings (SSSR count). The Hall–Kier alpha value is -0.750. The molecule has 0 saturated carbocycles. The van der Waals surface area contributed by atoms with Crippen LogP contribution < -0.4 is 0 Å². The van der Waals surface area contributed by atoms with Crippen molar-refractivity contribution in [1.29, 1.82) is 0 Å². The van der Waals surface area contributed by atoms with Crippen LogP contribution in [0, 0.1) is 0 Å². The largest absolute Gasteiger partial charge is 0.336 e. The minimum Gasteiger partial charge on any atom is -0.336 e. The van der Waals surface area contributed by atoms with E-state index >= 15 is 0 Å². The Balaban J connectivity index is 1.58. The highest BCUT2D eigenvalue weighted by Gasteiger charge is 2.37. The van der Waals surface area contributed by atoms with E-state index in [-0.39, 0.29) is 23.7 Å². The second-order valence-corrected chi connectivity index (χ2v) is 9.60. The monoisotopic (exact) mass is 426 g/mol. The van der Waals surface area contributed by atoms with Gasteiger partial charge < -0.3 is 9.80 Å². The molecule has 146 valence electrons. The van der Waals surface area contributed by atoms with Crippen LogP contribution in [0.3, 0.4) is 0 Å². The van der Waals surface area contributed by atoms with E-state index in [1.54, 1.807) is 12.1 Å². The minimum atomic E-state index is -0.295. The molecule has 2 atom stereocenters. The van der Waals surface area contributed by atoms with Crippen molar-refractivity contribution in [1.82, 2.24) is 9.80 Å². The first-order valence-corrected chi connectivity index (χ1v) is 11.6. The number of carbonyl (C=O) groups is 2. The van der Waals surface area contributed by atoms with Crippen molar-refractivity contribution in [2.75, 3.05) is 37.7 Å². The van der Waals surface area contributed by atoms with Crippen molar-refractivity contribution in [3.8, 4) is 0 Å². The molecule has 1 aromatic carbocycles. The Morgan fingerprint density at radius 2 is 1.89 bits per heavy atom. The fourth-order valence-electron chi connectivity index (χ4n) is 4.47. The third kappa shape index (κ3) is 4.02. The lowest BCUT2D eigenvalue weighted by molar-refractivity contribution is -0.135. The summed E-state index contributed by atoms with van der Waals surface area (Å²) < 4.78 is 0. The number of carbonyl (C=O) groups excluding carboxylic acids is 2. The Bertz CT molecular complexity index is 752. The molecule has 27 heavy (non-hydrogen) atoms. The summed E-state index contributed by atoms with van der Waals surface area (Å²) in [7, 11) is 0. The van der Waals surface area contributed by atoms with E-state index in [1.165, 1.54) is 12.8 Å². The molecule has 1 amide bonds. The zero-order valence-electron chi connectivity index (χ0n) is 15.3. The van der Waals surface area contributed by atoms with Gasteiger partial charge in [0.15, 0.2) is 5.78 Å². The number of rotatable bonds is 3. The average Bonchev–Trinajstić information content (AvgIpc) is 3.17. The van der Waals surface area contributed by atoms with E-state index in [0.717, 1.165) is 43.2 Å². The van der Waals surface area contributed by atoms with E-state index in [0.29, 0.717) is 28.5 Å². The molecule has 0 spiro atoms. The average molecular weight is 427 g/mol. The number of amides is 1. The Morgan fingerprint density at radius 1 is 1.15 bits per heavy atom. The SMILES string of the molecule is O=C1CCC(C(=O)N2CCSCC2CN2CCCC2)c2cc(Cl)c(Cl)cc21. The molecular weight excluding hydrogens is 403 g/mol. The van der Waals surface area contributed by atoms with Crippen LogP contribution in [-0.4, -0.2) is 65.2 Å². The Kier molecular flexibility index (Phi) is 6.03. The number of hydrogen-bond donors (Lipinski definition) is 0. The van der Waals surface area contributed by atoms with Crippen molar-refractivity contribution in [3.63, 3.8) is 0 Å². The zero-order valence-corrected chi connectivity index (χ0v) is 17.6. The van der Waals surface area contributed by atoms with Gasteiger partial charge in [-0.25, -0.2) is 0 Å². The molecule has 3 aliphatic rings. The minimum absolute atomic E-state index is 0.0513. The molecule has 0 aromatic heterocycles. The van der Waals surface area contributed by atoms with Crippen molar-refractivity contribution >= 4 is 46.7 Å². The van der Waals surface area contributed by atoms with Gasteiger partial charge in [0, 0.05) is 36.6 Å². The van der Waals surface area contributed by atoms with Crippen LogP contribution in [0.4, 0.5) is 0 Å². The summed E-state index contributed by atoms with van der Waals surface area (Å²) in [6, 6.07) is 3.61. The highest BCUT2D eigenvalue weighted by Crippen LogP contribution is 2.38. The Morgan fingerprint density at radius 3 is 2.67 bits per heavy atom. The standard InChI is InChI=1S/C20H24Cl2N2O2S/c21-17-9-15-14(3-4-19(25)16(15)10-18(17)22)20(26)24-7-8-27-12-13(24)11-23-5-1-2-6-23/h9-10,13-14H,1-8,11-12H2. The smallest absolute Gasteiger partial charge is 0.230 e. The van der Waals surface area contributed by atoms with Crippen LogP contribution >= 0.6 is 35.0 Å². The number of likely N-dealkylation sites (tertiary alicyclic amines) is 1. The van der Waals surface area contributed by atoms with Gasteiger partial charge in [-0.2, -0.15) is 11.8 Å². The van der Waals surface area contributed by atoms with Gasteiger partial charge in [0.25, 0.3) is 0 Å². The second kappa shape index (κ2) is 8.32. The number of ketones is 1. The topological polar surface area (TPSA) is 40.6 Å². The molecule has 2 unspecified atom stereocenters. The van der Waals surface area contributed by atoms with Crippen molar-refractivity contribution in [2.24, 2.45) is 0 Å². The summed E-state index contributed by atoms with van der Waals surface area (Å²) in [4.78, 5) is 30.4. The lowest BCUT2D eigenvalue weighted by Crippen LogP contribution is -2.52. The first kappa shape index (κ1) is 19.6. The second-order valence-electron chi connectivity index (χ2n) is 7.64. The molecule has 2 aliphatic heterocycles. The number of thioether (sulfide) groups is 1. The lowest BCUT2D eigenvalue weighted by atomic mass is 9.81. The summed E-state index contributed by atoms with van der Waals surface area (Å²) >= 11 is 14.3. The molecule has 0 N–H and O–H groups in total. The van der Waals surface area contributed by atoms with E-state index in [9.17, 15) is 9.59 Å². The molecule has 0 radical (unpaired) electrons. The van der Waals surface area contributed by atoms with Gasteiger partial charge in [-0.1, -0.05) is 23.2 Å². The number of halogens is 2. The number of fused-ring (bicyclic) bond motifs is 1. The predicted molar refractivity (Wildman–Crippen MR) is 111 cm³/mol. The predicted octanol–water partition coefficient (Wildman–Crippen LogP) is 4.09. The van der Waals surface area contributed by atoms with Crippen LogP contribution in [0.1, 0.15) is 47.5 Å². The lowest BCUT2D eigenvalue weighted by Gasteiger charge is -2.40. The summed E-state index contributed by atoms with van der Waals surface area (Å²) in [6.07, 6.45) is 3.46. The molecule has 0 bridgehead atoms. The summed E-state index contributed by atoms with van der Waals surface area (Å²) in [5.74, 6) is 1.86. The zero-order chi connectivity index (χ0) is 19.0. The van der Waals surface area contributed by atoms with E-state index in [1.807, 2.05) is 11.8 Å². The van der Waals surface area contributed by atoms with Crippen molar-refractivity contribution in [2.45, 2.75) is 37.6 Å². The van der Waals surface area contributed by atoms with Gasteiger partial charge in [-0.15, -0.1) is 0 Å². The van der Waals surface area contributed by atoms with Gasteiger partial charge in [0.1, 0.15) is 0 Å². The first-order valence-electron chi connectivity index (χ1n) is 9.67. The summed E-state index contributed by atoms with van der Waals surface area (Å²) in [5.41, 5.74) is 1.32. The van der Waals surface area contributed by atoms with Crippen molar-refractivity contribution in [3.05, 3.63) is 33.3 Å². The highest BCUT2D eigenvalue weighted by atomic mass is 35.5. The number of hydrogen-bond acceptors (Lipinski definition) is 4. The first-order chi connectivity index (χ1) is 13.0. The highest BCUT2D eigenvalue weighted by molar-refractivity contribution is 7.99. The maximum atomic E-state index is 13.5. The Labute approximate surface area is 174 Å². The van der Waals surface area contributed by atoms with Crippen molar-refractivity contribution < 1.29 is 9.59 Å². The van der Waals surface area contributed by atoms with Gasteiger partial charge in [-0.3, -0.25) is 9.59 Å². The molecule has 1 aliphatic carbocycles. The quantitative estimate of drug-likeness (QED) is 0.729. The molecule has 2 fully saturated rings. The van der Waals surface area contributed by atoms with Crippen LogP contribution in [0.2, 0.25) is 10.0 Å². The van der Waals surface area contributed by atoms with E-state index in [2.05, 4.69) is 9.80 Å². The number of Topliss-reactive ketones (excluding diaryl/α,β-unsaturated/α-hetero) is 1. The number of nitrogens with zero attached hydrogens (tertiary/aromatic N) is 2. The maximum Gasteiger partial charge on any atom is 0.230 e. The normalized spacial score (nSPS) is 26.3. The van der Waals surface area contributed by atoms with Gasteiger partial charge in [-0.05, 0) is 50.0 Å². The van der Waals surface area contributed by atoms with Gasteiger partial charge >= 0.3 is 0 Å². The fourth-order valence-corrected chi connectivity index (χ4v) is 5.86. The van der Waals surface area contributed by atoms with Gasteiger partial charge in [0.2, 0.25) is 5.91 Å². The van der Waals surface area contributed by atoms with E-state index in [4.69, 9.17) is 23.2 Å². The van der Waals surface area contributed by atoms with Crippen LogP contribution in [-0.2, 0) is 4.79 Å². The van der Waals surface area contributed by atoms with Gasteiger partial charge in [0.05, 0.1) is 22.0 Å². The molecule has 1 aromatic rings. The maximum absolute atomic E-state index is 13.5. The summed E-state index contributed by atoms with van der Waals surface area (Å²) in [6.45, 7) is 4.01. The molecule has 4 nitrogen and oxygen atoms in total. The van der Waals surface area contributed by atoms with E-state index < -0.39 is 0 Å².